The number of amides is 1. The third kappa shape index (κ3) is 4.62. The number of hydrogen-bond acceptors (Lipinski definition) is 5. The lowest BCUT2D eigenvalue weighted by Crippen LogP contribution is -2.40. The monoisotopic (exact) mass is 314 g/mol. The maximum Gasteiger partial charge on any atom is 0.243 e. The number of ether oxygens (including phenoxy) is 1. The molecule has 1 aromatic rings. The minimum atomic E-state index is -3.92. The number of hydrogen-bond donors (Lipinski definition) is 1. The highest BCUT2D eigenvalue weighted by atomic mass is 32.2. The van der Waals surface area contributed by atoms with Crippen LogP contribution in [0.15, 0.2) is 29.2 Å². The van der Waals surface area contributed by atoms with E-state index in [1.54, 1.807) is 0 Å². The minimum absolute atomic E-state index is 0.00786. The van der Waals surface area contributed by atoms with Crippen molar-refractivity contribution in [3.05, 3.63) is 29.8 Å². The average molecular weight is 314 g/mol. The summed E-state index contributed by atoms with van der Waals surface area (Å²) in [6.07, 6.45) is 0. The molecule has 0 radical (unpaired) electrons. The van der Waals surface area contributed by atoms with Crippen LogP contribution in [0, 0.1) is 0 Å². The normalized spacial score (nSPS) is 11.6. The van der Waals surface area contributed by atoms with E-state index in [1.165, 1.54) is 38.3 Å². The molecule has 0 saturated heterocycles. The second-order valence-electron chi connectivity index (χ2n) is 4.38. The fourth-order valence-corrected chi connectivity index (χ4v) is 3.11. The number of Topliss-reactive ketones (excluding diaryl/α,β-unsaturated/α-hetero) is 1. The lowest BCUT2D eigenvalue weighted by molar-refractivity contribution is -0.118. The van der Waals surface area contributed by atoms with Crippen LogP contribution in [0.5, 0.6) is 0 Å². The van der Waals surface area contributed by atoms with Gasteiger partial charge < -0.3 is 10.5 Å². The van der Waals surface area contributed by atoms with Crippen molar-refractivity contribution in [3.63, 3.8) is 0 Å². The first-order valence-electron chi connectivity index (χ1n) is 6.17. The van der Waals surface area contributed by atoms with Crippen molar-refractivity contribution in [2.24, 2.45) is 5.73 Å². The Hall–Kier alpha value is -1.77. The van der Waals surface area contributed by atoms with Crippen LogP contribution in [0.1, 0.15) is 17.3 Å². The predicted molar refractivity (Wildman–Crippen MR) is 76.3 cm³/mol. The first-order chi connectivity index (χ1) is 9.78. The van der Waals surface area contributed by atoms with E-state index in [-0.39, 0.29) is 29.4 Å². The fourth-order valence-electron chi connectivity index (χ4n) is 1.68. The fraction of sp³-hybridized carbons (Fsp3) is 0.385. The number of primary amides is 1. The molecule has 1 rings (SSSR count). The molecule has 0 atom stereocenters. The molecule has 1 aromatic carbocycles. The van der Waals surface area contributed by atoms with Gasteiger partial charge in [0.05, 0.1) is 18.0 Å². The number of benzene rings is 1. The molecular weight excluding hydrogens is 296 g/mol. The van der Waals surface area contributed by atoms with Gasteiger partial charge in [-0.1, -0.05) is 12.1 Å². The average Bonchev–Trinajstić information content (AvgIpc) is 2.43. The van der Waals surface area contributed by atoms with Gasteiger partial charge in [0.2, 0.25) is 15.9 Å². The molecule has 0 aromatic heterocycles. The number of nitrogens with two attached hydrogens (primary N) is 1. The number of ketones is 1. The molecule has 0 spiro atoms. The van der Waals surface area contributed by atoms with E-state index < -0.39 is 22.5 Å². The van der Waals surface area contributed by atoms with E-state index in [0.29, 0.717) is 0 Å². The summed E-state index contributed by atoms with van der Waals surface area (Å²) in [5.74, 6) is -1.01. The summed E-state index contributed by atoms with van der Waals surface area (Å²) in [5, 5.41) is 0. The number of nitrogens with zero attached hydrogens (tertiary/aromatic N) is 1. The molecule has 0 heterocycles. The molecule has 7 nitrogen and oxygen atoms in total. The molecule has 0 unspecified atom stereocenters. The van der Waals surface area contributed by atoms with Crippen LogP contribution in [0.2, 0.25) is 0 Å². The number of carbonyl (C=O) groups is 2. The summed E-state index contributed by atoms with van der Waals surface area (Å²) in [5.41, 5.74) is 5.36. The second-order valence-corrected chi connectivity index (χ2v) is 6.32. The van der Waals surface area contributed by atoms with E-state index in [4.69, 9.17) is 10.5 Å². The maximum absolute atomic E-state index is 12.5. The highest BCUT2D eigenvalue weighted by molar-refractivity contribution is 7.89. The topological polar surface area (TPSA) is 107 Å². The van der Waals surface area contributed by atoms with Crippen LogP contribution in [0.25, 0.3) is 0 Å². The van der Waals surface area contributed by atoms with E-state index in [0.717, 1.165) is 4.31 Å². The smallest absolute Gasteiger partial charge is 0.243 e. The zero-order valence-corrected chi connectivity index (χ0v) is 12.7. The SMILES string of the molecule is COCCN(CC(N)=O)S(=O)(=O)c1cccc(C(C)=O)c1. The Labute approximate surface area is 123 Å². The minimum Gasteiger partial charge on any atom is -0.383 e. The van der Waals surface area contributed by atoms with Gasteiger partial charge in [0.15, 0.2) is 5.78 Å². The number of carbonyl (C=O) groups excluding carboxylic acids is 2. The molecule has 0 aliphatic rings. The van der Waals surface area contributed by atoms with Crippen molar-refractivity contribution in [1.29, 1.82) is 0 Å². The summed E-state index contributed by atoms with van der Waals surface area (Å²) in [6, 6.07) is 5.64. The molecule has 0 fully saturated rings. The molecule has 1 amide bonds. The third-order valence-corrected chi connectivity index (χ3v) is 4.60. The van der Waals surface area contributed by atoms with E-state index >= 15 is 0 Å². The molecule has 2 N–H and O–H groups in total. The predicted octanol–water partition coefficient (Wildman–Crippen LogP) is 0.0116. The Bertz CT molecular complexity index is 627. The lowest BCUT2D eigenvalue weighted by atomic mass is 10.2. The zero-order chi connectivity index (χ0) is 16.0. The Morgan fingerprint density at radius 2 is 2.00 bits per heavy atom. The van der Waals surface area contributed by atoms with Crippen molar-refractivity contribution < 1.29 is 22.7 Å². The van der Waals surface area contributed by atoms with Crippen LogP contribution in [-0.4, -0.2) is 51.2 Å². The molecular formula is C13H18N2O5S. The van der Waals surface area contributed by atoms with Crippen molar-refractivity contribution >= 4 is 21.7 Å². The standard InChI is InChI=1S/C13H18N2O5S/c1-10(16)11-4-3-5-12(8-11)21(18,19)15(6-7-20-2)9-13(14)17/h3-5,8H,6-7,9H2,1-2H3,(H2,14,17). The number of rotatable bonds is 8. The molecule has 21 heavy (non-hydrogen) atoms. The Morgan fingerprint density at radius 3 is 2.52 bits per heavy atom. The quantitative estimate of drug-likeness (QED) is 0.680. The van der Waals surface area contributed by atoms with Gasteiger partial charge in [-0.15, -0.1) is 0 Å². The van der Waals surface area contributed by atoms with Crippen molar-refractivity contribution in [2.45, 2.75) is 11.8 Å². The second kappa shape index (κ2) is 7.30. The van der Waals surface area contributed by atoms with Crippen molar-refractivity contribution in [1.82, 2.24) is 4.31 Å². The van der Waals surface area contributed by atoms with Crippen molar-refractivity contribution in [3.8, 4) is 0 Å². The van der Waals surface area contributed by atoms with Gasteiger partial charge in [0.1, 0.15) is 0 Å². The van der Waals surface area contributed by atoms with Crippen LogP contribution < -0.4 is 5.73 Å². The number of sulfonamides is 1. The van der Waals surface area contributed by atoms with E-state index in [9.17, 15) is 18.0 Å². The van der Waals surface area contributed by atoms with Crippen LogP contribution >= 0.6 is 0 Å². The molecule has 0 aliphatic carbocycles. The van der Waals surface area contributed by atoms with Crippen molar-refractivity contribution in [2.75, 3.05) is 26.8 Å². The van der Waals surface area contributed by atoms with Gasteiger partial charge in [-0.05, 0) is 19.1 Å². The van der Waals surface area contributed by atoms with Gasteiger partial charge in [-0.3, -0.25) is 9.59 Å². The Kier molecular flexibility index (Phi) is 6.01. The van der Waals surface area contributed by atoms with Gasteiger partial charge in [-0.25, -0.2) is 8.42 Å². The molecule has 0 bridgehead atoms. The van der Waals surface area contributed by atoms with Crippen LogP contribution in [0.4, 0.5) is 0 Å². The molecule has 8 heteroatoms. The Balaban J connectivity index is 3.17. The lowest BCUT2D eigenvalue weighted by Gasteiger charge is -2.20. The summed E-state index contributed by atoms with van der Waals surface area (Å²) < 4.78 is 30.8. The molecule has 116 valence electrons. The van der Waals surface area contributed by atoms with Gasteiger partial charge in [0, 0.05) is 19.2 Å². The molecule has 0 saturated carbocycles. The summed E-state index contributed by atoms with van der Waals surface area (Å²) in [4.78, 5) is 22.3. The van der Waals surface area contributed by atoms with Crippen LogP contribution in [0.3, 0.4) is 0 Å². The summed E-state index contributed by atoms with van der Waals surface area (Å²) in [7, 11) is -2.50. The Morgan fingerprint density at radius 1 is 1.33 bits per heavy atom. The highest BCUT2D eigenvalue weighted by Crippen LogP contribution is 2.17. The van der Waals surface area contributed by atoms with E-state index in [2.05, 4.69) is 0 Å². The van der Waals surface area contributed by atoms with E-state index in [1.807, 2.05) is 0 Å². The zero-order valence-electron chi connectivity index (χ0n) is 11.9. The first-order valence-corrected chi connectivity index (χ1v) is 7.61. The third-order valence-electron chi connectivity index (χ3n) is 2.76. The van der Waals surface area contributed by atoms with Gasteiger partial charge >= 0.3 is 0 Å². The first kappa shape index (κ1) is 17.3. The number of methoxy groups -OCH3 is 1. The molecule has 0 aliphatic heterocycles. The van der Waals surface area contributed by atoms with Gasteiger partial charge in [0.25, 0.3) is 0 Å². The summed E-state index contributed by atoms with van der Waals surface area (Å²) in [6.45, 7) is 1.01. The highest BCUT2D eigenvalue weighted by Gasteiger charge is 2.26. The summed E-state index contributed by atoms with van der Waals surface area (Å²) >= 11 is 0. The van der Waals surface area contributed by atoms with Gasteiger partial charge in [-0.2, -0.15) is 4.31 Å². The van der Waals surface area contributed by atoms with Crippen LogP contribution in [-0.2, 0) is 19.6 Å². The maximum atomic E-state index is 12.5. The largest absolute Gasteiger partial charge is 0.383 e.